The Morgan fingerprint density at radius 3 is 2.65 bits per heavy atom. The first kappa shape index (κ1) is 15.3. The summed E-state index contributed by atoms with van der Waals surface area (Å²) >= 11 is 0. The van der Waals surface area contributed by atoms with Gasteiger partial charge in [0.05, 0.1) is 7.11 Å². The molecule has 2 rings (SSSR count). The van der Waals surface area contributed by atoms with E-state index in [0.717, 1.165) is 18.7 Å². The van der Waals surface area contributed by atoms with Crippen LogP contribution in [-0.4, -0.2) is 43.7 Å². The fourth-order valence-electron chi connectivity index (χ4n) is 3.16. The zero-order valence-electron chi connectivity index (χ0n) is 13.1. The molecule has 1 aromatic carbocycles. The highest BCUT2D eigenvalue weighted by Gasteiger charge is 2.25. The summed E-state index contributed by atoms with van der Waals surface area (Å²) in [6.07, 6.45) is 3.62. The van der Waals surface area contributed by atoms with Gasteiger partial charge in [-0.2, -0.15) is 0 Å². The average molecular weight is 276 g/mol. The quantitative estimate of drug-likeness (QED) is 0.828. The largest absolute Gasteiger partial charge is 0.497 e. The van der Waals surface area contributed by atoms with Gasteiger partial charge in [-0.1, -0.05) is 19.1 Å². The van der Waals surface area contributed by atoms with Crippen LogP contribution >= 0.6 is 0 Å². The molecule has 1 aliphatic heterocycles. The van der Waals surface area contributed by atoms with E-state index in [4.69, 9.17) is 4.74 Å². The summed E-state index contributed by atoms with van der Waals surface area (Å²) in [6, 6.07) is 9.79. The minimum Gasteiger partial charge on any atom is -0.497 e. The third-order valence-electron chi connectivity index (χ3n) is 4.24. The summed E-state index contributed by atoms with van der Waals surface area (Å²) in [4.78, 5) is 2.68. The van der Waals surface area contributed by atoms with Crippen LogP contribution in [0.3, 0.4) is 0 Å². The molecule has 0 bridgehead atoms. The zero-order chi connectivity index (χ0) is 14.4. The minimum absolute atomic E-state index is 0.591. The van der Waals surface area contributed by atoms with Gasteiger partial charge in [-0.3, -0.25) is 4.90 Å². The van der Waals surface area contributed by atoms with Crippen LogP contribution in [0.4, 0.5) is 0 Å². The van der Waals surface area contributed by atoms with Crippen LogP contribution in [0.25, 0.3) is 0 Å². The third kappa shape index (κ3) is 3.97. The van der Waals surface area contributed by atoms with E-state index in [9.17, 15) is 0 Å². The molecule has 1 fully saturated rings. The van der Waals surface area contributed by atoms with Gasteiger partial charge in [-0.05, 0) is 57.0 Å². The lowest BCUT2D eigenvalue weighted by atomic mass is 10.0. The van der Waals surface area contributed by atoms with Crippen LogP contribution in [0.1, 0.15) is 32.3 Å². The van der Waals surface area contributed by atoms with Gasteiger partial charge in [0.15, 0.2) is 0 Å². The van der Waals surface area contributed by atoms with E-state index in [1.54, 1.807) is 7.11 Å². The summed E-state index contributed by atoms with van der Waals surface area (Å²) in [7, 11) is 1.72. The van der Waals surface area contributed by atoms with Crippen LogP contribution in [0, 0.1) is 0 Å². The molecule has 112 valence electrons. The van der Waals surface area contributed by atoms with Gasteiger partial charge in [0.25, 0.3) is 0 Å². The predicted molar refractivity (Wildman–Crippen MR) is 84.4 cm³/mol. The van der Waals surface area contributed by atoms with Crippen molar-refractivity contribution in [3.63, 3.8) is 0 Å². The number of ether oxygens (including phenoxy) is 1. The van der Waals surface area contributed by atoms with Crippen LogP contribution in [0.5, 0.6) is 5.75 Å². The van der Waals surface area contributed by atoms with E-state index in [-0.39, 0.29) is 0 Å². The highest BCUT2D eigenvalue weighted by atomic mass is 16.5. The second-order valence-electron chi connectivity index (χ2n) is 5.79. The van der Waals surface area contributed by atoms with Gasteiger partial charge in [-0.25, -0.2) is 0 Å². The molecule has 20 heavy (non-hydrogen) atoms. The second-order valence-corrected chi connectivity index (χ2v) is 5.79. The van der Waals surface area contributed by atoms with E-state index in [0.29, 0.717) is 12.1 Å². The van der Waals surface area contributed by atoms with Gasteiger partial charge >= 0.3 is 0 Å². The molecule has 1 aliphatic rings. The van der Waals surface area contributed by atoms with Crippen molar-refractivity contribution in [2.75, 3.05) is 26.7 Å². The molecule has 0 spiro atoms. The lowest BCUT2D eigenvalue weighted by Crippen LogP contribution is -2.44. The molecule has 2 unspecified atom stereocenters. The maximum Gasteiger partial charge on any atom is 0.118 e. The Balaban J connectivity index is 1.97. The molecule has 0 aromatic heterocycles. The molecule has 0 radical (unpaired) electrons. The molecular formula is C17H28N2O. The molecule has 3 heteroatoms. The van der Waals surface area contributed by atoms with E-state index < -0.39 is 0 Å². The van der Waals surface area contributed by atoms with Crippen LogP contribution in [0.15, 0.2) is 24.3 Å². The maximum atomic E-state index is 5.22. The molecule has 2 atom stereocenters. The van der Waals surface area contributed by atoms with Crippen molar-refractivity contribution in [2.24, 2.45) is 0 Å². The fraction of sp³-hybridized carbons (Fsp3) is 0.647. The van der Waals surface area contributed by atoms with Gasteiger partial charge < -0.3 is 10.1 Å². The fourth-order valence-corrected chi connectivity index (χ4v) is 3.16. The number of methoxy groups -OCH3 is 1. The Labute approximate surface area is 123 Å². The van der Waals surface area contributed by atoms with Crippen molar-refractivity contribution in [1.29, 1.82) is 0 Å². The number of nitrogens with one attached hydrogen (secondary N) is 1. The first-order valence-electron chi connectivity index (χ1n) is 7.84. The normalized spacial score (nSPS) is 20.3. The molecule has 0 saturated carbocycles. The zero-order valence-corrected chi connectivity index (χ0v) is 13.1. The Kier molecular flexibility index (Phi) is 5.86. The van der Waals surface area contributed by atoms with Crippen molar-refractivity contribution in [1.82, 2.24) is 10.2 Å². The van der Waals surface area contributed by atoms with Gasteiger partial charge in [0.2, 0.25) is 0 Å². The monoisotopic (exact) mass is 276 g/mol. The van der Waals surface area contributed by atoms with Crippen molar-refractivity contribution >= 4 is 0 Å². The Morgan fingerprint density at radius 2 is 2.10 bits per heavy atom. The summed E-state index contributed by atoms with van der Waals surface area (Å²) in [5, 5.41) is 3.49. The van der Waals surface area contributed by atoms with E-state index in [1.165, 1.54) is 31.5 Å². The molecule has 1 N–H and O–H groups in total. The van der Waals surface area contributed by atoms with Crippen molar-refractivity contribution in [3.05, 3.63) is 29.8 Å². The molecule has 0 aliphatic carbocycles. The number of rotatable bonds is 7. The highest BCUT2D eigenvalue weighted by Crippen LogP contribution is 2.18. The summed E-state index contributed by atoms with van der Waals surface area (Å²) in [5.74, 6) is 0.937. The Hall–Kier alpha value is -1.06. The molecule has 3 nitrogen and oxygen atoms in total. The number of nitrogens with zero attached hydrogens (tertiary/aromatic N) is 1. The van der Waals surface area contributed by atoms with E-state index in [2.05, 4.69) is 48.3 Å². The maximum absolute atomic E-state index is 5.22. The standard InChI is InChI=1S/C17H28N2O/c1-4-11-19(16-9-10-18-13-16)14(2)12-15-5-7-17(20-3)8-6-15/h5-8,14,16,18H,4,9-13H2,1-3H3. The first-order valence-corrected chi connectivity index (χ1v) is 7.84. The van der Waals surface area contributed by atoms with Gasteiger partial charge in [0.1, 0.15) is 5.75 Å². The van der Waals surface area contributed by atoms with Gasteiger partial charge in [0, 0.05) is 18.6 Å². The third-order valence-corrected chi connectivity index (χ3v) is 4.24. The summed E-state index contributed by atoms with van der Waals surface area (Å²) in [5.41, 5.74) is 1.39. The Bertz CT molecular complexity index is 384. The smallest absolute Gasteiger partial charge is 0.118 e. The number of benzene rings is 1. The topological polar surface area (TPSA) is 24.5 Å². The lowest BCUT2D eigenvalue weighted by Gasteiger charge is -2.34. The molecular weight excluding hydrogens is 248 g/mol. The van der Waals surface area contributed by atoms with Crippen LogP contribution < -0.4 is 10.1 Å². The first-order chi connectivity index (χ1) is 9.74. The van der Waals surface area contributed by atoms with Crippen LogP contribution in [0.2, 0.25) is 0 Å². The number of hydrogen-bond donors (Lipinski definition) is 1. The SMILES string of the molecule is CCCN(C(C)Cc1ccc(OC)cc1)C1CCNC1. The van der Waals surface area contributed by atoms with E-state index >= 15 is 0 Å². The minimum atomic E-state index is 0.591. The van der Waals surface area contributed by atoms with Crippen molar-refractivity contribution < 1.29 is 4.74 Å². The Morgan fingerprint density at radius 1 is 1.35 bits per heavy atom. The van der Waals surface area contributed by atoms with Gasteiger partial charge in [-0.15, -0.1) is 0 Å². The number of hydrogen-bond acceptors (Lipinski definition) is 3. The molecule has 1 aromatic rings. The van der Waals surface area contributed by atoms with Crippen LogP contribution in [-0.2, 0) is 6.42 Å². The summed E-state index contributed by atoms with van der Waals surface area (Å²) in [6.45, 7) is 8.14. The highest BCUT2D eigenvalue weighted by molar-refractivity contribution is 5.27. The molecule has 1 heterocycles. The van der Waals surface area contributed by atoms with Crippen molar-refractivity contribution in [3.8, 4) is 5.75 Å². The summed E-state index contributed by atoms with van der Waals surface area (Å²) < 4.78 is 5.22. The average Bonchev–Trinajstić information content (AvgIpc) is 2.99. The second kappa shape index (κ2) is 7.65. The molecule has 0 amide bonds. The van der Waals surface area contributed by atoms with Crippen molar-refractivity contribution in [2.45, 2.75) is 45.2 Å². The van der Waals surface area contributed by atoms with E-state index in [1.807, 2.05) is 0 Å². The lowest BCUT2D eigenvalue weighted by molar-refractivity contribution is 0.152. The predicted octanol–water partition coefficient (Wildman–Crippen LogP) is 2.70. The molecule has 1 saturated heterocycles.